The number of nitrogens with zero attached hydrogens (tertiary/aromatic N) is 1. The lowest BCUT2D eigenvalue weighted by Crippen LogP contribution is -2.26. The minimum Gasteiger partial charge on any atom is -0.497 e. The fourth-order valence-corrected chi connectivity index (χ4v) is 3.00. The molecule has 1 amide bonds. The highest BCUT2D eigenvalue weighted by Crippen LogP contribution is 2.24. The van der Waals surface area contributed by atoms with E-state index in [1.807, 2.05) is 55.6 Å². The number of rotatable bonds is 6. The van der Waals surface area contributed by atoms with Crippen LogP contribution in [0, 0.1) is 0 Å². The third-order valence-corrected chi connectivity index (χ3v) is 4.30. The van der Waals surface area contributed by atoms with Crippen molar-refractivity contribution in [1.82, 2.24) is 4.90 Å². The number of methoxy groups -OCH3 is 1. The molecule has 0 aliphatic rings. The molecule has 4 heteroatoms. The summed E-state index contributed by atoms with van der Waals surface area (Å²) >= 11 is 1.69. The molecule has 0 N–H and O–H groups in total. The van der Waals surface area contributed by atoms with E-state index in [9.17, 15) is 4.79 Å². The van der Waals surface area contributed by atoms with Crippen LogP contribution in [0.2, 0.25) is 0 Å². The highest BCUT2D eigenvalue weighted by atomic mass is 32.2. The average molecular weight is 315 g/mol. The van der Waals surface area contributed by atoms with Crippen molar-refractivity contribution in [2.45, 2.75) is 18.4 Å². The van der Waals surface area contributed by atoms with Crippen molar-refractivity contribution in [2.24, 2.45) is 0 Å². The molecule has 3 nitrogen and oxygen atoms in total. The first-order valence-electron chi connectivity index (χ1n) is 7.26. The summed E-state index contributed by atoms with van der Waals surface area (Å²) in [5, 5.41) is 0. The Labute approximate surface area is 136 Å². The minimum absolute atomic E-state index is 0.0485. The van der Waals surface area contributed by atoms with Gasteiger partial charge < -0.3 is 9.64 Å². The molecular weight excluding hydrogens is 294 g/mol. The van der Waals surface area contributed by atoms with Gasteiger partial charge in [-0.15, -0.1) is 11.8 Å². The Balaban J connectivity index is 2.11. The van der Waals surface area contributed by atoms with Crippen LogP contribution >= 0.6 is 11.8 Å². The SMILES string of the molecule is CCSc1ccccc1C(=O)N(C)Cc1ccc(OC)cc1. The van der Waals surface area contributed by atoms with Crippen LogP contribution in [0.15, 0.2) is 53.4 Å². The van der Waals surface area contributed by atoms with Gasteiger partial charge >= 0.3 is 0 Å². The number of amides is 1. The summed E-state index contributed by atoms with van der Waals surface area (Å²) in [6.07, 6.45) is 0. The summed E-state index contributed by atoms with van der Waals surface area (Å²) in [5.74, 6) is 1.82. The van der Waals surface area contributed by atoms with Gasteiger partial charge in [-0.05, 0) is 35.6 Å². The zero-order chi connectivity index (χ0) is 15.9. The Bertz CT molecular complexity index is 625. The molecule has 2 aromatic carbocycles. The Hall–Kier alpha value is -1.94. The van der Waals surface area contributed by atoms with Gasteiger partial charge in [0.15, 0.2) is 0 Å². The smallest absolute Gasteiger partial charge is 0.255 e. The first-order chi connectivity index (χ1) is 10.7. The van der Waals surface area contributed by atoms with E-state index in [-0.39, 0.29) is 5.91 Å². The van der Waals surface area contributed by atoms with Gasteiger partial charge in [-0.1, -0.05) is 31.2 Å². The largest absolute Gasteiger partial charge is 0.497 e. The van der Waals surface area contributed by atoms with Crippen molar-refractivity contribution in [3.05, 3.63) is 59.7 Å². The zero-order valence-electron chi connectivity index (χ0n) is 13.2. The van der Waals surface area contributed by atoms with E-state index < -0.39 is 0 Å². The van der Waals surface area contributed by atoms with Crippen molar-refractivity contribution in [2.75, 3.05) is 19.9 Å². The third kappa shape index (κ3) is 4.04. The maximum Gasteiger partial charge on any atom is 0.255 e. The van der Waals surface area contributed by atoms with E-state index >= 15 is 0 Å². The predicted molar refractivity (Wildman–Crippen MR) is 91.6 cm³/mol. The van der Waals surface area contributed by atoms with Crippen LogP contribution in [-0.2, 0) is 6.54 Å². The van der Waals surface area contributed by atoms with Crippen LogP contribution in [0.25, 0.3) is 0 Å². The minimum atomic E-state index is 0.0485. The Morgan fingerprint density at radius 1 is 1.14 bits per heavy atom. The highest BCUT2D eigenvalue weighted by molar-refractivity contribution is 7.99. The molecule has 0 unspecified atom stereocenters. The van der Waals surface area contributed by atoms with Gasteiger partial charge in [-0.25, -0.2) is 0 Å². The quantitative estimate of drug-likeness (QED) is 0.752. The van der Waals surface area contributed by atoms with Crippen LogP contribution in [-0.4, -0.2) is 30.7 Å². The molecule has 0 aliphatic carbocycles. The fourth-order valence-electron chi connectivity index (χ4n) is 2.21. The molecule has 116 valence electrons. The van der Waals surface area contributed by atoms with E-state index in [0.29, 0.717) is 6.54 Å². The standard InChI is InChI=1S/C18H21NO2S/c1-4-22-17-8-6-5-7-16(17)18(20)19(2)13-14-9-11-15(21-3)12-10-14/h5-12H,4,13H2,1-3H3. The number of carbonyl (C=O) groups excluding carboxylic acids is 1. The second-order valence-electron chi connectivity index (χ2n) is 4.94. The van der Waals surface area contributed by atoms with Crippen LogP contribution in [0.5, 0.6) is 5.75 Å². The number of hydrogen-bond donors (Lipinski definition) is 0. The summed E-state index contributed by atoms with van der Waals surface area (Å²) in [4.78, 5) is 15.4. The summed E-state index contributed by atoms with van der Waals surface area (Å²) in [6, 6.07) is 15.6. The number of thioether (sulfide) groups is 1. The lowest BCUT2D eigenvalue weighted by molar-refractivity contribution is 0.0781. The molecule has 0 saturated carbocycles. The molecule has 0 saturated heterocycles. The Kier molecular flexibility index (Phi) is 5.90. The van der Waals surface area contributed by atoms with Gasteiger partial charge in [0.2, 0.25) is 0 Å². The van der Waals surface area contributed by atoms with E-state index in [0.717, 1.165) is 27.5 Å². The van der Waals surface area contributed by atoms with E-state index in [1.54, 1.807) is 23.8 Å². The lowest BCUT2D eigenvalue weighted by Gasteiger charge is -2.19. The summed E-state index contributed by atoms with van der Waals surface area (Å²) in [6.45, 7) is 2.67. The van der Waals surface area contributed by atoms with Crippen LogP contribution in [0.4, 0.5) is 0 Å². The molecule has 0 aromatic heterocycles. The highest BCUT2D eigenvalue weighted by Gasteiger charge is 2.15. The van der Waals surface area contributed by atoms with Gasteiger partial charge in [0.05, 0.1) is 12.7 Å². The lowest BCUT2D eigenvalue weighted by atomic mass is 10.1. The molecular formula is C18H21NO2S. The molecule has 0 fully saturated rings. The second kappa shape index (κ2) is 7.90. The first kappa shape index (κ1) is 16.4. The van der Waals surface area contributed by atoms with Crippen molar-refractivity contribution in [3.8, 4) is 5.75 Å². The molecule has 2 aromatic rings. The molecule has 0 heterocycles. The molecule has 0 radical (unpaired) electrons. The van der Waals surface area contributed by atoms with E-state index in [2.05, 4.69) is 6.92 Å². The van der Waals surface area contributed by atoms with Crippen molar-refractivity contribution in [1.29, 1.82) is 0 Å². The van der Waals surface area contributed by atoms with Crippen molar-refractivity contribution in [3.63, 3.8) is 0 Å². The number of hydrogen-bond acceptors (Lipinski definition) is 3. The van der Waals surface area contributed by atoms with Gasteiger partial charge in [0, 0.05) is 18.5 Å². The topological polar surface area (TPSA) is 29.5 Å². The Morgan fingerprint density at radius 2 is 1.82 bits per heavy atom. The number of carbonyl (C=O) groups is 1. The van der Waals surface area contributed by atoms with Gasteiger partial charge in [-0.2, -0.15) is 0 Å². The molecule has 0 spiro atoms. The molecule has 2 rings (SSSR count). The van der Waals surface area contributed by atoms with Crippen LogP contribution in [0.1, 0.15) is 22.8 Å². The third-order valence-electron chi connectivity index (χ3n) is 3.34. The predicted octanol–water partition coefficient (Wildman–Crippen LogP) is 4.08. The monoisotopic (exact) mass is 315 g/mol. The molecule has 22 heavy (non-hydrogen) atoms. The van der Waals surface area contributed by atoms with Gasteiger partial charge in [0.25, 0.3) is 5.91 Å². The van der Waals surface area contributed by atoms with E-state index in [1.165, 1.54) is 0 Å². The maximum atomic E-state index is 12.7. The summed E-state index contributed by atoms with van der Waals surface area (Å²) < 4.78 is 5.15. The molecule has 0 aliphatic heterocycles. The first-order valence-corrected chi connectivity index (χ1v) is 8.24. The zero-order valence-corrected chi connectivity index (χ0v) is 14.0. The fraction of sp³-hybridized carbons (Fsp3) is 0.278. The normalized spacial score (nSPS) is 10.3. The maximum absolute atomic E-state index is 12.7. The number of ether oxygens (including phenoxy) is 1. The second-order valence-corrected chi connectivity index (χ2v) is 6.24. The van der Waals surface area contributed by atoms with Crippen LogP contribution < -0.4 is 4.74 Å². The summed E-state index contributed by atoms with van der Waals surface area (Å²) in [7, 11) is 3.48. The van der Waals surface area contributed by atoms with Crippen molar-refractivity contribution >= 4 is 17.7 Å². The number of benzene rings is 2. The molecule has 0 bridgehead atoms. The molecule has 0 atom stereocenters. The van der Waals surface area contributed by atoms with Gasteiger partial charge in [-0.3, -0.25) is 4.79 Å². The Morgan fingerprint density at radius 3 is 2.45 bits per heavy atom. The van der Waals surface area contributed by atoms with E-state index in [4.69, 9.17) is 4.74 Å². The average Bonchev–Trinajstić information content (AvgIpc) is 2.55. The van der Waals surface area contributed by atoms with Crippen molar-refractivity contribution < 1.29 is 9.53 Å². The summed E-state index contributed by atoms with van der Waals surface area (Å²) in [5.41, 5.74) is 1.85. The van der Waals surface area contributed by atoms with Gasteiger partial charge in [0.1, 0.15) is 5.75 Å². The van der Waals surface area contributed by atoms with Crippen LogP contribution in [0.3, 0.4) is 0 Å².